The van der Waals surface area contributed by atoms with Crippen molar-refractivity contribution < 1.29 is 0 Å². The first-order valence-electron chi connectivity index (χ1n) is 8.87. The van der Waals surface area contributed by atoms with E-state index >= 15 is 0 Å². The Labute approximate surface area is 130 Å². The minimum absolute atomic E-state index is 0.890. The molecule has 0 radical (unpaired) electrons. The Bertz CT molecular complexity index is 375. The van der Waals surface area contributed by atoms with E-state index in [9.17, 15) is 0 Å². The molecule has 1 saturated carbocycles. The summed E-state index contributed by atoms with van der Waals surface area (Å²) in [6.07, 6.45) is 8.28. The van der Waals surface area contributed by atoms with Crippen LogP contribution in [0.1, 0.15) is 51.5 Å². The molecule has 1 fully saturated rings. The maximum Gasteiger partial charge on any atom is 0.0340 e. The third-order valence-electron chi connectivity index (χ3n) is 4.88. The standard InChI is InChI=1S/C19H32N2/c1-3-21(4-2)15-14-17-10-12-19(13-11-17)20-16-18-8-6-5-7-9-18/h10-13,18,20H,3-9,14-16H2,1-2H3. The van der Waals surface area contributed by atoms with Gasteiger partial charge in [-0.2, -0.15) is 0 Å². The molecule has 2 rings (SSSR count). The predicted octanol–water partition coefficient (Wildman–Crippen LogP) is 4.56. The van der Waals surface area contributed by atoms with Gasteiger partial charge in [-0.3, -0.25) is 0 Å². The van der Waals surface area contributed by atoms with Crippen LogP contribution in [0.4, 0.5) is 5.69 Å². The Morgan fingerprint density at radius 3 is 2.29 bits per heavy atom. The van der Waals surface area contributed by atoms with Crippen LogP contribution in [0.15, 0.2) is 24.3 Å². The SMILES string of the molecule is CCN(CC)CCc1ccc(NCC2CCCCC2)cc1. The third kappa shape index (κ3) is 5.70. The quantitative estimate of drug-likeness (QED) is 0.754. The zero-order valence-electron chi connectivity index (χ0n) is 13.9. The fraction of sp³-hybridized carbons (Fsp3) is 0.684. The van der Waals surface area contributed by atoms with E-state index in [0.717, 1.165) is 32.0 Å². The van der Waals surface area contributed by atoms with E-state index < -0.39 is 0 Å². The van der Waals surface area contributed by atoms with Gasteiger partial charge in [-0.05, 0) is 56.0 Å². The Kier molecular flexibility index (Phi) is 7.08. The Morgan fingerprint density at radius 1 is 1.00 bits per heavy atom. The molecule has 118 valence electrons. The fourth-order valence-electron chi connectivity index (χ4n) is 3.27. The van der Waals surface area contributed by atoms with Crippen LogP contribution < -0.4 is 5.32 Å². The van der Waals surface area contributed by atoms with Gasteiger partial charge in [0.25, 0.3) is 0 Å². The molecule has 0 spiro atoms. The first-order valence-corrected chi connectivity index (χ1v) is 8.87. The molecule has 1 N–H and O–H groups in total. The number of rotatable bonds is 8. The molecule has 1 aliphatic carbocycles. The minimum Gasteiger partial charge on any atom is -0.385 e. The molecule has 2 nitrogen and oxygen atoms in total. The monoisotopic (exact) mass is 288 g/mol. The van der Waals surface area contributed by atoms with Crippen LogP contribution in [0, 0.1) is 5.92 Å². The molecule has 0 saturated heterocycles. The number of benzene rings is 1. The Morgan fingerprint density at radius 2 is 1.67 bits per heavy atom. The summed E-state index contributed by atoms with van der Waals surface area (Å²) < 4.78 is 0. The van der Waals surface area contributed by atoms with Gasteiger partial charge in [-0.25, -0.2) is 0 Å². The van der Waals surface area contributed by atoms with Gasteiger partial charge in [0.05, 0.1) is 0 Å². The van der Waals surface area contributed by atoms with E-state index in [1.54, 1.807) is 0 Å². The number of anilines is 1. The molecule has 0 aliphatic heterocycles. The summed E-state index contributed by atoms with van der Waals surface area (Å²) in [6.45, 7) is 9.10. The van der Waals surface area contributed by atoms with Crippen LogP contribution in [-0.4, -0.2) is 31.1 Å². The Hall–Kier alpha value is -1.02. The van der Waals surface area contributed by atoms with E-state index in [1.165, 1.54) is 49.9 Å². The summed E-state index contributed by atoms with van der Waals surface area (Å²) in [5.41, 5.74) is 2.73. The van der Waals surface area contributed by atoms with Crippen molar-refractivity contribution in [1.82, 2.24) is 4.90 Å². The van der Waals surface area contributed by atoms with Crippen LogP contribution in [0.2, 0.25) is 0 Å². The molecule has 0 aromatic heterocycles. The lowest BCUT2D eigenvalue weighted by Crippen LogP contribution is -2.25. The van der Waals surface area contributed by atoms with E-state index in [1.807, 2.05) is 0 Å². The molecule has 1 aromatic rings. The number of hydrogen-bond acceptors (Lipinski definition) is 2. The highest BCUT2D eigenvalue weighted by Gasteiger charge is 2.12. The summed E-state index contributed by atoms with van der Waals surface area (Å²) >= 11 is 0. The van der Waals surface area contributed by atoms with Gasteiger partial charge in [-0.1, -0.05) is 45.2 Å². The number of nitrogens with one attached hydrogen (secondary N) is 1. The van der Waals surface area contributed by atoms with Crippen molar-refractivity contribution in [3.63, 3.8) is 0 Å². The lowest BCUT2D eigenvalue weighted by Gasteiger charge is -2.22. The topological polar surface area (TPSA) is 15.3 Å². The van der Waals surface area contributed by atoms with Gasteiger partial charge in [0.15, 0.2) is 0 Å². The van der Waals surface area contributed by atoms with Gasteiger partial charge < -0.3 is 10.2 Å². The van der Waals surface area contributed by atoms with Gasteiger partial charge in [0.2, 0.25) is 0 Å². The largest absolute Gasteiger partial charge is 0.385 e. The van der Waals surface area contributed by atoms with Gasteiger partial charge in [0, 0.05) is 18.8 Å². The Balaban J connectivity index is 1.73. The molecular weight excluding hydrogens is 256 g/mol. The maximum atomic E-state index is 3.62. The molecule has 21 heavy (non-hydrogen) atoms. The van der Waals surface area contributed by atoms with Gasteiger partial charge in [0.1, 0.15) is 0 Å². The number of hydrogen-bond donors (Lipinski definition) is 1. The van der Waals surface area contributed by atoms with Crippen LogP contribution in [0.3, 0.4) is 0 Å². The molecular formula is C19H32N2. The molecule has 0 bridgehead atoms. The molecule has 0 atom stereocenters. The van der Waals surface area contributed by atoms with Crippen molar-refractivity contribution in [2.24, 2.45) is 5.92 Å². The minimum atomic E-state index is 0.890. The second-order valence-electron chi connectivity index (χ2n) is 6.36. The molecule has 0 amide bonds. The fourth-order valence-corrected chi connectivity index (χ4v) is 3.27. The van der Waals surface area contributed by atoms with Crippen LogP contribution >= 0.6 is 0 Å². The van der Waals surface area contributed by atoms with E-state index in [0.29, 0.717) is 0 Å². The van der Waals surface area contributed by atoms with Crippen molar-refractivity contribution >= 4 is 5.69 Å². The van der Waals surface area contributed by atoms with Crippen molar-refractivity contribution in [2.45, 2.75) is 52.4 Å². The van der Waals surface area contributed by atoms with E-state index in [-0.39, 0.29) is 0 Å². The lowest BCUT2D eigenvalue weighted by molar-refractivity contribution is 0.308. The highest BCUT2D eigenvalue weighted by atomic mass is 15.1. The van der Waals surface area contributed by atoms with Crippen molar-refractivity contribution in [3.05, 3.63) is 29.8 Å². The predicted molar refractivity (Wildman–Crippen MR) is 93.0 cm³/mol. The average Bonchev–Trinajstić information content (AvgIpc) is 2.56. The van der Waals surface area contributed by atoms with Crippen molar-refractivity contribution in [1.29, 1.82) is 0 Å². The number of likely N-dealkylation sites (N-methyl/N-ethyl adjacent to an activating group) is 1. The third-order valence-corrected chi connectivity index (χ3v) is 4.88. The molecule has 0 unspecified atom stereocenters. The molecule has 1 aliphatic rings. The average molecular weight is 288 g/mol. The summed E-state index contributed by atoms with van der Waals surface area (Å²) in [4.78, 5) is 2.48. The van der Waals surface area contributed by atoms with Crippen LogP contribution in [0.25, 0.3) is 0 Å². The second kappa shape index (κ2) is 9.09. The van der Waals surface area contributed by atoms with Crippen molar-refractivity contribution in [2.75, 3.05) is 31.5 Å². The number of nitrogens with zero attached hydrogens (tertiary/aromatic N) is 1. The first-order chi connectivity index (χ1) is 10.3. The summed E-state index contributed by atoms with van der Waals surface area (Å²) in [6, 6.07) is 9.07. The maximum absolute atomic E-state index is 3.62. The molecule has 1 aromatic carbocycles. The zero-order chi connectivity index (χ0) is 14.9. The first kappa shape index (κ1) is 16.4. The normalized spacial score (nSPS) is 16.3. The van der Waals surface area contributed by atoms with Gasteiger partial charge >= 0.3 is 0 Å². The highest BCUT2D eigenvalue weighted by molar-refractivity contribution is 5.44. The van der Waals surface area contributed by atoms with E-state index in [4.69, 9.17) is 0 Å². The van der Waals surface area contributed by atoms with E-state index in [2.05, 4.69) is 48.3 Å². The lowest BCUT2D eigenvalue weighted by atomic mass is 9.89. The zero-order valence-corrected chi connectivity index (χ0v) is 13.9. The summed E-state index contributed by atoms with van der Waals surface area (Å²) in [5.74, 6) is 0.890. The van der Waals surface area contributed by atoms with Gasteiger partial charge in [-0.15, -0.1) is 0 Å². The van der Waals surface area contributed by atoms with Crippen LogP contribution in [-0.2, 0) is 6.42 Å². The summed E-state index contributed by atoms with van der Waals surface area (Å²) in [5, 5.41) is 3.62. The highest BCUT2D eigenvalue weighted by Crippen LogP contribution is 2.24. The second-order valence-corrected chi connectivity index (χ2v) is 6.36. The molecule has 0 heterocycles. The molecule has 2 heteroatoms. The summed E-state index contributed by atoms with van der Waals surface area (Å²) in [7, 11) is 0. The van der Waals surface area contributed by atoms with Crippen LogP contribution in [0.5, 0.6) is 0 Å². The smallest absolute Gasteiger partial charge is 0.0340 e. The van der Waals surface area contributed by atoms with Crippen molar-refractivity contribution in [3.8, 4) is 0 Å².